The third kappa shape index (κ3) is 5.73. The van der Waals surface area contributed by atoms with Crippen molar-refractivity contribution in [2.45, 2.75) is 40.5 Å². The summed E-state index contributed by atoms with van der Waals surface area (Å²) in [6.07, 6.45) is 4.72. The number of hydrogen-bond acceptors (Lipinski definition) is 2. The van der Waals surface area contributed by atoms with Gasteiger partial charge >= 0.3 is 0 Å². The Balaban J connectivity index is 3.06. The van der Waals surface area contributed by atoms with Crippen molar-refractivity contribution in [3.05, 3.63) is 41.0 Å². The molecule has 0 unspecified atom stereocenters. The molecule has 0 atom stereocenters. The van der Waals surface area contributed by atoms with E-state index in [1.165, 1.54) is 11.1 Å². The van der Waals surface area contributed by atoms with Crippen molar-refractivity contribution in [1.82, 2.24) is 0 Å². The molecule has 0 bridgehead atoms. The summed E-state index contributed by atoms with van der Waals surface area (Å²) in [7, 11) is 0. The molecule has 0 aliphatic rings. The first kappa shape index (κ1) is 15.5. The number of hydrogen-bond donors (Lipinski definition) is 0. The zero-order chi connectivity index (χ0) is 14.4. The largest absolute Gasteiger partial charge is 0.545 e. The average Bonchev–Trinajstić information content (AvgIpc) is 2.27. The zero-order valence-electron chi connectivity index (χ0n) is 12.3. The lowest BCUT2D eigenvalue weighted by Gasteiger charge is -2.12. The first-order valence-corrected chi connectivity index (χ1v) is 6.89. The van der Waals surface area contributed by atoms with E-state index in [-0.39, 0.29) is 0 Å². The van der Waals surface area contributed by atoms with Crippen molar-refractivity contribution in [3.8, 4) is 0 Å². The van der Waals surface area contributed by atoms with Crippen LogP contribution < -0.4 is 5.11 Å². The Labute approximate surface area is 116 Å². The Morgan fingerprint density at radius 2 is 1.79 bits per heavy atom. The summed E-state index contributed by atoms with van der Waals surface area (Å²) in [6, 6.07) is 6.36. The summed E-state index contributed by atoms with van der Waals surface area (Å²) < 4.78 is 0. The second kappa shape index (κ2) is 7.13. The lowest BCUT2D eigenvalue weighted by Crippen LogP contribution is -2.18. The van der Waals surface area contributed by atoms with Gasteiger partial charge in [0.2, 0.25) is 0 Å². The van der Waals surface area contributed by atoms with Crippen LogP contribution in [0.2, 0.25) is 0 Å². The third-order valence-corrected chi connectivity index (χ3v) is 2.88. The van der Waals surface area contributed by atoms with Gasteiger partial charge in [-0.3, -0.25) is 0 Å². The predicted molar refractivity (Wildman–Crippen MR) is 77.6 cm³/mol. The molecule has 0 spiro atoms. The number of benzene rings is 1. The molecule has 2 nitrogen and oxygen atoms in total. The minimum absolute atomic E-state index is 0.547. The maximum Gasteiger partial charge on any atom is 0.0643 e. The minimum atomic E-state index is -1.15. The standard InChI is InChI=1S/C17H24O2/c1-12(2)9-14-5-6-15(10-13(3)4)16(11-14)7-8-17(18)19/h5-8,11-13H,9-10H2,1-4H3,(H,18,19)/p-1/b8-7+. The summed E-state index contributed by atoms with van der Waals surface area (Å²) in [4.78, 5) is 10.6. The molecule has 0 radical (unpaired) electrons. The van der Waals surface area contributed by atoms with Crippen molar-refractivity contribution >= 4 is 12.0 Å². The molecule has 0 aliphatic carbocycles. The fraction of sp³-hybridized carbons (Fsp3) is 0.471. The van der Waals surface area contributed by atoms with Gasteiger partial charge in [0.15, 0.2) is 0 Å². The molecule has 2 heteroatoms. The van der Waals surface area contributed by atoms with Crippen LogP contribution in [0, 0.1) is 11.8 Å². The average molecular weight is 259 g/mol. The molecule has 0 aromatic heterocycles. The first-order chi connectivity index (χ1) is 8.88. The van der Waals surface area contributed by atoms with Gasteiger partial charge in [0.25, 0.3) is 0 Å². The molecule has 1 aromatic rings. The van der Waals surface area contributed by atoms with Crippen molar-refractivity contribution in [1.29, 1.82) is 0 Å². The number of carboxylic acid groups (broad SMARTS) is 1. The molecular weight excluding hydrogens is 236 g/mol. The summed E-state index contributed by atoms with van der Waals surface area (Å²) >= 11 is 0. The highest BCUT2D eigenvalue weighted by Gasteiger charge is 2.05. The predicted octanol–water partition coefficient (Wildman–Crippen LogP) is 2.85. The van der Waals surface area contributed by atoms with E-state index in [4.69, 9.17) is 0 Å². The Hall–Kier alpha value is -1.57. The van der Waals surface area contributed by atoms with E-state index in [0.29, 0.717) is 11.8 Å². The van der Waals surface area contributed by atoms with Crippen molar-refractivity contribution < 1.29 is 9.90 Å². The molecule has 0 amide bonds. The van der Waals surface area contributed by atoms with Crippen LogP contribution in [0.4, 0.5) is 0 Å². The molecule has 104 valence electrons. The summed E-state index contributed by atoms with van der Waals surface area (Å²) in [5.41, 5.74) is 3.44. The number of aliphatic carboxylic acids is 1. The second-order valence-corrected chi connectivity index (χ2v) is 5.88. The number of carbonyl (C=O) groups is 1. The van der Waals surface area contributed by atoms with Gasteiger partial charge in [0.1, 0.15) is 0 Å². The fourth-order valence-electron chi connectivity index (χ4n) is 2.18. The molecule has 1 aromatic carbocycles. The molecule has 0 saturated carbocycles. The van der Waals surface area contributed by atoms with E-state index < -0.39 is 5.97 Å². The van der Waals surface area contributed by atoms with Crippen LogP contribution in [-0.2, 0) is 17.6 Å². The Morgan fingerprint density at radius 1 is 1.16 bits per heavy atom. The lowest BCUT2D eigenvalue weighted by molar-refractivity contribution is -0.297. The fourth-order valence-corrected chi connectivity index (χ4v) is 2.18. The molecule has 1 rings (SSSR count). The monoisotopic (exact) mass is 259 g/mol. The topological polar surface area (TPSA) is 40.1 Å². The Bertz CT molecular complexity index is 456. The molecular formula is C17H23O2-. The number of carboxylic acids is 1. The molecule has 0 heterocycles. The lowest BCUT2D eigenvalue weighted by atomic mass is 9.93. The van der Waals surface area contributed by atoms with Crippen LogP contribution >= 0.6 is 0 Å². The zero-order valence-corrected chi connectivity index (χ0v) is 12.3. The Morgan fingerprint density at radius 3 is 2.32 bits per heavy atom. The molecule has 0 fully saturated rings. The molecule has 19 heavy (non-hydrogen) atoms. The highest BCUT2D eigenvalue weighted by molar-refractivity contribution is 5.84. The molecule has 0 N–H and O–H groups in total. The van der Waals surface area contributed by atoms with Crippen LogP contribution in [-0.4, -0.2) is 5.97 Å². The van der Waals surface area contributed by atoms with E-state index in [1.807, 2.05) is 0 Å². The molecule has 0 saturated heterocycles. The number of rotatable bonds is 6. The van der Waals surface area contributed by atoms with Crippen LogP contribution in [0.1, 0.15) is 44.4 Å². The van der Waals surface area contributed by atoms with E-state index in [9.17, 15) is 9.90 Å². The van der Waals surface area contributed by atoms with E-state index in [1.54, 1.807) is 6.08 Å². The highest BCUT2D eigenvalue weighted by atomic mass is 16.4. The van der Waals surface area contributed by atoms with Crippen molar-refractivity contribution in [3.63, 3.8) is 0 Å². The maximum atomic E-state index is 10.6. The van der Waals surface area contributed by atoms with Gasteiger partial charge in [-0.2, -0.15) is 0 Å². The van der Waals surface area contributed by atoms with Crippen molar-refractivity contribution in [2.75, 3.05) is 0 Å². The van der Waals surface area contributed by atoms with E-state index in [2.05, 4.69) is 45.9 Å². The van der Waals surface area contributed by atoms with E-state index in [0.717, 1.165) is 24.5 Å². The third-order valence-electron chi connectivity index (χ3n) is 2.88. The normalized spacial score (nSPS) is 11.7. The van der Waals surface area contributed by atoms with Gasteiger partial charge in [-0.25, -0.2) is 0 Å². The van der Waals surface area contributed by atoms with Crippen molar-refractivity contribution in [2.24, 2.45) is 11.8 Å². The number of carbonyl (C=O) groups excluding carboxylic acids is 1. The van der Waals surface area contributed by atoms with Crippen LogP contribution in [0.25, 0.3) is 6.08 Å². The quantitative estimate of drug-likeness (QED) is 0.737. The second-order valence-electron chi connectivity index (χ2n) is 5.88. The van der Waals surface area contributed by atoms with Gasteiger partial charge in [0, 0.05) is 0 Å². The summed E-state index contributed by atoms with van der Waals surface area (Å²) in [5, 5.41) is 10.6. The van der Waals surface area contributed by atoms with Gasteiger partial charge < -0.3 is 9.90 Å². The highest BCUT2D eigenvalue weighted by Crippen LogP contribution is 2.19. The minimum Gasteiger partial charge on any atom is -0.545 e. The maximum absolute atomic E-state index is 10.6. The van der Waals surface area contributed by atoms with Crippen LogP contribution in [0.15, 0.2) is 24.3 Å². The van der Waals surface area contributed by atoms with Gasteiger partial charge in [-0.15, -0.1) is 0 Å². The van der Waals surface area contributed by atoms with Gasteiger partial charge in [0.05, 0.1) is 5.97 Å². The van der Waals surface area contributed by atoms with Crippen LogP contribution in [0.3, 0.4) is 0 Å². The molecule has 0 aliphatic heterocycles. The van der Waals surface area contributed by atoms with Gasteiger partial charge in [-0.1, -0.05) is 52.0 Å². The summed E-state index contributed by atoms with van der Waals surface area (Å²) in [5.74, 6) is -0.00951. The SMILES string of the molecule is CC(C)Cc1ccc(CC(C)C)c(/C=C/C(=O)[O-])c1. The summed E-state index contributed by atoms with van der Waals surface area (Å²) in [6.45, 7) is 8.68. The van der Waals surface area contributed by atoms with E-state index >= 15 is 0 Å². The first-order valence-electron chi connectivity index (χ1n) is 6.89. The van der Waals surface area contributed by atoms with Gasteiger partial charge in [-0.05, 0) is 47.4 Å². The van der Waals surface area contributed by atoms with Crippen LogP contribution in [0.5, 0.6) is 0 Å². The Kier molecular flexibility index (Phi) is 5.81. The smallest absolute Gasteiger partial charge is 0.0643 e.